The molecule has 0 aliphatic heterocycles. The average molecular weight is 155 g/mol. The summed E-state index contributed by atoms with van der Waals surface area (Å²) in [7, 11) is 0. The predicted molar refractivity (Wildman–Crippen MR) is 41.8 cm³/mol. The van der Waals surface area contributed by atoms with Crippen molar-refractivity contribution < 1.29 is 5.11 Å². The minimum Gasteiger partial charge on any atom is -0.390 e. The van der Waals surface area contributed by atoms with Crippen LogP contribution in [0.4, 0.5) is 0 Å². The van der Waals surface area contributed by atoms with Gasteiger partial charge in [0.05, 0.1) is 24.7 Å². The third-order valence-corrected chi connectivity index (χ3v) is 1.80. The zero-order valence-electron chi connectivity index (χ0n) is 6.83. The van der Waals surface area contributed by atoms with Crippen molar-refractivity contribution in [3.05, 3.63) is 17.2 Å². The summed E-state index contributed by atoms with van der Waals surface area (Å²) in [5.74, 6) is 0.856. The Bertz CT molecular complexity index is 230. The van der Waals surface area contributed by atoms with E-state index in [1.54, 1.807) is 4.57 Å². The van der Waals surface area contributed by atoms with Gasteiger partial charge in [-0.1, -0.05) is 0 Å². The number of hydrogen-bond donors (Lipinski definition) is 2. The van der Waals surface area contributed by atoms with Crippen LogP contribution in [0.15, 0.2) is 0 Å². The quantitative estimate of drug-likeness (QED) is 0.627. The highest BCUT2D eigenvalue weighted by Gasteiger charge is 2.07. The highest BCUT2D eigenvalue weighted by Crippen LogP contribution is 2.08. The van der Waals surface area contributed by atoms with Gasteiger partial charge in [0.15, 0.2) is 0 Å². The standard InChI is InChI=1S/C7H13N3O/c1-5-7(3-11)10(4-8)6(2)9-5/h11H,3-4,8H2,1-2H3. The van der Waals surface area contributed by atoms with E-state index >= 15 is 0 Å². The van der Waals surface area contributed by atoms with Crippen LogP contribution < -0.4 is 5.73 Å². The van der Waals surface area contributed by atoms with E-state index in [9.17, 15) is 0 Å². The summed E-state index contributed by atoms with van der Waals surface area (Å²) < 4.78 is 1.80. The van der Waals surface area contributed by atoms with Crippen molar-refractivity contribution in [2.24, 2.45) is 5.73 Å². The molecule has 0 saturated heterocycles. The van der Waals surface area contributed by atoms with Gasteiger partial charge in [-0.3, -0.25) is 0 Å². The molecule has 62 valence electrons. The summed E-state index contributed by atoms with van der Waals surface area (Å²) in [6.45, 7) is 4.12. The van der Waals surface area contributed by atoms with Crippen LogP contribution in [-0.2, 0) is 13.3 Å². The van der Waals surface area contributed by atoms with Crippen LogP contribution >= 0.6 is 0 Å². The molecule has 0 aliphatic carbocycles. The Hall–Kier alpha value is -0.870. The summed E-state index contributed by atoms with van der Waals surface area (Å²) in [4.78, 5) is 4.18. The monoisotopic (exact) mass is 155 g/mol. The van der Waals surface area contributed by atoms with E-state index < -0.39 is 0 Å². The molecule has 0 radical (unpaired) electrons. The van der Waals surface area contributed by atoms with Gasteiger partial charge in [0.2, 0.25) is 0 Å². The van der Waals surface area contributed by atoms with Crippen molar-refractivity contribution in [1.29, 1.82) is 0 Å². The highest BCUT2D eigenvalue weighted by molar-refractivity contribution is 5.14. The van der Waals surface area contributed by atoms with E-state index in [1.165, 1.54) is 0 Å². The molecule has 0 bridgehead atoms. The van der Waals surface area contributed by atoms with Crippen molar-refractivity contribution in [2.45, 2.75) is 27.1 Å². The number of hydrogen-bond acceptors (Lipinski definition) is 3. The normalized spacial score (nSPS) is 10.5. The van der Waals surface area contributed by atoms with E-state index in [0.717, 1.165) is 17.2 Å². The molecule has 3 N–H and O–H groups in total. The average Bonchev–Trinajstić information content (AvgIpc) is 2.24. The molecule has 1 heterocycles. The number of aromatic nitrogens is 2. The first-order valence-electron chi connectivity index (χ1n) is 3.54. The molecular weight excluding hydrogens is 142 g/mol. The zero-order valence-corrected chi connectivity index (χ0v) is 6.83. The van der Waals surface area contributed by atoms with E-state index in [-0.39, 0.29) is 6.61 Å². The lowest BCUT2D eigenvalue weighted by molar-refractivity contribution is 0.269. The van der Waals surface area contributed by atoms with E-state index in [1.807, 2.05) is 13.8 Å². The maximum absolute atomic E-state index is 8.93. The van der Waals surface area contributed by atoms with Gasteiger partial charge in [-0.2, -0.15) is 0 Å². The van der Waals surface area contributed by atoms with Gasteiger partial charge in [-0.15, -0.1) is 0 Å². The lowest BCUT2D eigenvalue weighted by Gasteiger charge is -2.03. The first-order valence-corrected chi connectivity index (χ1v) is 3.54. The number of aryl methyl sites for hydroxylation is 2. The molecule has 0 unspecified atom stereocenters. The molecule has 4 heteroatoms. The Morgan fingerprint density at radius 2 is 2.18 bits per heavy atom. The fourth-order valence-electron chi connectivity index (χ4n) is 1.20. The minimum absolute atomic E-state index is 0.00384. The SMILES string of the molecule is Cc1nc(C)n(CN)c1CO. The van der Waals surface area contributed by atoms with Crippen LogP contribution in [-0.4, -0.2) is 14.7 Å². The molecule has 11 heavy (non-hydrogen) atoms. The summed E-state index contributed by atoms with van der Waals surface area (Å²) in [5, 5.41) is 8.93. The number of imidazole rings is 1. The number of nitrogens with two attached hydrogens (primary N) is 1. The molecule has 1 aromatic heterocycles. The number of aliphatic hydroxyl groups excluding tert-OH is 1. The zero-order chi connectivity index (χ0) is 8.43. The second-order valence-corrected chi connectivity index (χ2v) is 2.46. The Morgan fingerprint density at radius 1 is 1.55 bits per heavy atom. The number of rotatable bonds is 2. The predicted octanol–water partition coefficient (Wildman–Crippen LogP) is -0.0916. The van der Waals surface area contributed by atoms with Crippen molar-refractivity contribution in [3.63, 3.8) is 0 Å². The molecule has 0 aliphatic rings. The maximum Gasteiger partial charge on any atom is 0.107 e. The van der Waals surface area contributed by atoms with Crippen LogP contribution in [0.3, 0.4) is 0 Å². The summed E-state index contributed by atoms with van der Waals surface area (Å²) >= 11 is 0. The van der Waals surface area contributed by atoms with Gasteiger partial charge in [0.25, 0.3) is 0 Å². The van der Waals surface area contributed by atoms with Crippen molar-refractivity contribution in [1.82, 2.24) is 9.55 Å². The largest absolute Gasteiger partial charge is 0.390 e. The van der Waals surface area contributed by atoms with Crippen LogP contribution in [0.5, 0.6) is 0 Å². The van der Waals surface area contributed by atoms with E-state index in [2.05, 4.69) is 4.98 Å². The Morgan fingerprint density at radius 3 is 2.55 bits per heavy atom. The number of aliphatic hydroxyl groups is 1. The molecule has 0 amide bonds. The Balaban J connectivity index is 3.17. The third-order valence-electron chi connectivity index (χ3n) is 1.80. The Labute approximate surface area is 65.7 Å². The lowest BCUT2D eigenvalue weighted by atomic mass is 10.3. The molecule has 1 aromatic rings. The van der Waals surface area contributed by atoms with Gasteiger partial charge < -0.3 is 15.4 Å². The smallest absolute Gasteiger partial charge is 0.107 e. The van der Waals surface area contributed by atoms with Crippen LogP contribution in [0.25, 0.3) is 0 Å². The van der Waals surface area contributed by atoms with Crippen LogP contribution in [0.1, 0.15) is 17.2 Å². The molecular formula is C7H13N3O. The van der Waals surface area contributed by atoms with Crippen LogP contribution in [0, 0.1) is 13.8 Å². The number of nitrogens with zero attached hydrogens (tertiary/aromatic N) is 2. The van der Waals surface area contributed by atoms with Crippen molar-refractivity contribution in [2.75, 3.05) is 0 Å². The van der Waals surface area contributed by atoms with Gasteiger partial charge in [0, 0.05) is 0 Å². The first-order chi connectivity index (χ1) is 5.20. The molecule has 4 nitrogen and oxygen atoms in total. The Kier molecular flexibility index (Phi) is 2.26. The summed E-state index contributed by atoms with van der Waals surface area (Å²) in [6.07, 6.45) is 0. The third kappa shape index (κ3) is 1.27. The first kappa shape index (κ1) is 8.23. The highest BCUT2D eigenvalue weighted by atomic mass is 16.3. The fourth-order valence-corrected chi connectivity index (χ4v) is 1.20. The van der Waals surface area contributed by atoms with Gasteiger partial charge in [0.1, 0.15) is 5.82 Å². The molecule has 0 fully saturated rings. The molecule has 0 atom stereocenters. The fraction of sp³-hybridized carbons (Fsp3) is 0.571. The second-order valence-electron chi connectivity index (χ2n) is 2.46. The van der Waals surface area contributed by atoms with Gasteiger partial charge in [-0.05, 0) is 13.8 Å². The van der Waals surface area contributed by atoms with Crippen molar-refractivity contribution in [3.8, 4) is 0 Å². The summed E-state index contributed by atoms with van der Waals surface area (Å²) in [5.41, 5.74) is 7.12. The van der Waals surface area contributed by atoms with Crippen molar-refractivity contribution >= 4 is 0 Å². The van der Waals surface area contributed by atoms with E-state index in [4.69, 9.17) is 10.8 Å². The summed E-state index contributed by atoms with van der Waals surface area (Å²) in [6, 6.07) is 0. The van der Waals surface area contributed by atoms with E-state index in [0.29, 0.717) is 6.67 Å². The molecule has 0 saturated carbocycles. The second kappa shape index (κ2) is 3.02. The maximum atomic E-state index is 8.93. The lowest BCUT2D eigenvalue weighted by Crippen LogP contribution is -2.12. The minimum atomic E-state index is 0.00384. The molecule has 0 spiro atoms. The van der Waals surface area contributed by atoms with Gasteiger partial charge in [-0.25, -0.2) is 4.98 Å². The van der Waals surface area contributed by atoms with Gasteiger partial charge >= 0.3 is 0 Å². The van der Waals surface area contributed by atoms with Crippen LogP contribution in [0.2, 0.25) is 0 Å². The topological polar surface area (TPSA) is 64.1 Å². The molecule has 0 aromatic carbocycles. The molecule has 1 rings (SSSR count).